The molecule has 0 aromatic heterocycles. The molecule has 67 heavy (non-hydrogen) atoms. The summed E-state index contributed by atoms with van der Waals surface area (Å²) in [7, 11) is 0. The van der Waals surface area contributed by atoms with Gasteiger partial charge in [0.1, 0.15) is 24.9 Å². The maximum absolute atomic E-state index is 14.2. The van der Waals surface area contributed by atoms with Crippen molar-refractivity contribution >= 4 is 35.8 Å². The van der Waals surface area contributed by atoms with Crippen LogP contribution >= 0.6 is 0 Å². The Kier molecular flexibility index (Phi) is 16.2. The van der Waals surface area contributed by atoms with Gasteiger partial charge in [-0.25, -0.2) is 19.2 Å². The number of esters is 6. The molecule has 348 valence electrons. The fraction of sp³-hybridized carbons (Fsp3) is 0.294. The third kappa shape index (κ3) is 12.6. The summed E-state index contributed by atoms with van der Waals surface area (Å²) in [5.74, 6) is -4.99. The fourth-order valence-corrected chi connectivity index (χ4v) is 7.48. The average Bonchev–Trinajstić information content (AvgIpc) is 3.34. The van der Waals surface area contributed by atoms with E-state index in [0.717, 1.165) is 13.8 Å². The van der Waals surface area contributed by atoms with E-state index in [0.29, 0.717) is 5.56 Å². The van der Waals surface area contributed by atoms with Gasteiger partial charge in [-0.05, 0) is 61.0 Å². The smallest absolute Gasteiger partial charge is 0.338 e. The summed E-state index contributed by atoms with van der Waals surface area (Å²) >= 11 is 0. The van der Waals surface area contributed by atoms with Crippen molar-refractivity contribution in [2.75, 3.05) is 6.61 Å². The SMILES string of the molecule is CC(=O)O[C@@H]1O[C@@H](C)[C@H](O[C@@H]2O[C@H](COC(=O)c3ccccc3)[C@H](OC(=O)c3ccccc3)[C@H](OC(=O)c3ccccc3)[C@H]2OC(=O)c2ccccc2)[C@@H](OCc2ccccc2)[C@H]1OC(C)=O. The Morgan fingerprint density at radius 3 is 1.33 bits per heavy atom. The lowest BCUT2D eigenvalue weighted by molar-refractivity contribution is -0.355. The zero-order chi connectivity index (χ0) is 47.3. The van der Waals surface area contributed by atoms with Gasteiger partial charge >= 0.3 is 35.8 Å². The lowest BCUT2D eigenvalue weighted by atomic mass is 9.96. The number of carbonyl (C=O) groups is 6. The quantitative estimate of drug-likeness (QED) is 0.0773. The van der Waals surface area contributed by atoms with Gasteiger partial charge in [0.15, 0.2) is 30.7 Å². The first kappa shape index (κ1) is 47.7. The van der Waals surface area contributed by atoms with Crippen LogP contribution in [0.2, 0.25) is 0 Å². The fourth-order valence-electron chi connectivity index (χ4n) is 7.48. The first-order valence-electron chi connectivity index (χ1n) is 21.4. The Morgan fingerprint density at radius 1 is 0.433 bits per heavy atom. The highest BCUT2D eigenvalue weighted by Crippen LogP contribution is 2.36. The van der Waals surface area contributed by atoms with Gasteiger partial charge in [0.2, 0.25) is 6.29 Å². The highest BCUT2D eigenvalue weighted by Gasteiger charge is 2.57. The van der Waals surface area contributed by atoms with Gasteiger partial charge < -0.3 is 47.4 Å². The lowest BCUT2D eigenvalue weighted by Crippen LogP contribution is -2.66. The second kappa shape index (κ2) is 22.8. The molecule has 7 rings (SSSR count). The third-order valence-corrected chi connectivity index (χ3v) is 10.6. The normalized spacial score (nSPS) is 24.5. The van der Waals surface area contributed by atoms with Gasteiger partial charge in [-0.3, -0.25) is 9.59 Å². The molecule has 2 aliphatic rings. The minimum Gasteiger partial charge on any atom is -0.459 e. The predicted octanol–water partition coefficient (Wildman–Crippen LogP) is 6.46. The lowest BCUT2D eigenvalue weighted by Gasteiger charge is -2.48. The van der Waals surface area contributed by atoms with Gasteiger partial charge in [-0.1, -0.05) is 103 Å². The van der Waals surface area contributed by atoms with Crippen LogP contribution in [0.5, 0.6) is 0 Å². The molecule has 16 heteroatoms. The summed E-state index contributed by atoms with van der Waals surface area (Å²) in [6.07, 6.45) is -15.0. The van der Waals surface area contributed by atoms with E-state index in [1.54, 1.807) is 104 Å². The van der Waals surface area contributed by atoms with Crippen molar-refractivity contribution < 1.29 is 76.1 Å². The number of hydrogen-bond donors (Lipinski definition) is 0. The number of benzene rings is 5. The highest BCUT2D eigenvalue weighted by atomic mass is 16.8. The Hall–Kier alpha value is -7.24. The van der Waals surface area contributed by atoms with Crippen molar-refractivity contribution in [1.82, 2.24) is 0 Å². The van der Waals surface area contributed by atoms with Gasteiger partial charge in [0.25, 0.3) is 0 Å². The van der Waals surface area contributed by atoms with E-state index in [2.05, 4.69) is 0 Å². The Labute approximate surface area is 385 Å². The zero-order valence-electron chi connectivity index (χ0n) is 36.7. The van der Waals surface area contributed by atoms with Crippen LogP contribution in [0.15, 0.2) is 152 Å². The van der Waals surface area contributed by atoms with Crippen molar-refractivity contribution in [1.29, 1.82) is 0 Å². The molecular weight excluding hydrogens is 869 g/mol. The minimum atomic E-state index is -1.78. The molecule has 0 N–H and O–H groups in total. The number of rotatable bonds is 16. The van der Waals surface area contributed by atoms with Crippen LogP contribution < -0.4 is 0 Å². The van der Waals surface area contributed by atoms with E-state index in [1.807, 2.05) is 6.07 Å². The van der Waals surface area contributed by atoms with Crippen LogP contribution in [-0.4, -0.2) is 104 Å². The molecule has 2 heterocycles. The molecule has 5 aromatic rings. The van der Waals surface area contributed by atoms with Gasteiger partial charge in [0, 0.05) is 13.8 Å². The molecule has 2 aliphatic heterocycles. The number of ether oxygens (including phenoxy) is 10. The molecule has 16 nitrogen and oxygen atoms in total. The summed E-state index contributed by atoms with van der Waals surface area (Å²) in [6, 6.07) is 40.9. The molecule has 0 amide bonds. The van der Waals surface area contributed by atoms with Crippen LogP contribution in [0, 0.1) is 0 Å². The van der Waals surface area contributed by atoms with Gasteiger partial charge in [-0.2, -0.15) is 0 Å². The molecule has 2 saturated heterocycles. The summed E-state index contributed by atoms with van der Waals surface area (Å²) < 4.78 is 61.6. The topological polar surface area (TPSA) is 195 Å². The molecule has 0 radical (unpaired) electrons. The maximum atomic E-state index is 14.2. The highest BCUT2D eigenvalue weighted by molar-refractivity contribution is 5.91. The van der Waals surface area contributed by atoms with Crippen LogP contribution in [-0.2, 0) is 63.6 Å². The van der Waals surface area contributed by atoms with E-state index >= 15 is 0 Å². The average molecular weight is 917 g/mol. The molecular formula is C51H48O16. The van der Waals surface area contributed by atoms with E-state index in [1.165, 1.54) is 48.5 Å². The molecule has 10 atom stereocenters. The van der Waals surface area contributed by atoms with E-state index < -0.39 is 104 Å². The monoisotopic (exact) mass is 916 g/mol. The zero-order valence-corrected chi connectivity index (χ0v) is 36.7. The molecule has 0 spiro atoms. The van der Waals surface area contributed by atoms with Gasteiger partial charge in [0.05, 0.1) is 35.0 Å². The van der Waals surface area contributed by atoms with E-state index in [-0.39, 0.29) is 28.9 Å². The summed E-state index contributed by atoms with van der Waals surface area (Å²) in [5.41, 5.74) is 1.19. The van der Waals surface area contributed by atoms with Crippen molar-refractivity contribution in [3.63, 3.8) is 0 Å². The molecule has 0 saturated carbocycles. The summed E-state index contributed by atoms with van der Waals surface area (Å²) in [6.45, 7) is 3.21. The molecule has 0 bridgehead atoms. The van der Waals surface area contributed by atoms with E-state index in [9.17, 15) is 28.8 Å². The first-order chi connectivity index (χ1) is 32.4. The van der Waals surface area contributed by atoms with Crippen molar-refractivity contribution in [3.8, 4) is 0 Å². The number of hydrogen-bond acceptors (Lipinski definition) is 16. The molecule has 0 unspecified atom stereocenters. The maximum Gasteiger partial charge on any atom is 0.338 e. The predicted molar refractivity (Wildman–Crippen MR) is 234 cm³/mol. The molecule has 5 aromatic carbocycles. The Bertz CT molecular complexity index is 2440. The Balaban J connectivity index is 1.34. The molecule has 2 fully saturated rings. The summed E-state index contributed by atoms with van der Waals surface area (Å²) in [4.78, 5) is 80.8. The Morgan fingerprint density at radius 2 is 0.851 bits per heavy atom. The van der Waals surface area contributed by atoms with Crippen LogP contribution in [0.3, 0.4) is 0 Å². The second-order valence-electron chi connectivity index (χ2n) is 15.5. The van der Waals surface area contributed by atoms with E-state index in [4.69, 9.17) is 47.4 Å². The first-order valence-corrected chi connectivity index (χ1v) is 21.4. The van der Waals surface area contributed by atoms with Gasteiger partial charge in [-0.15, -0.1) is 0 Å². The van der Waals surface area contributed by atoms with Crippen LogP contribution in [0.1, 0.15) is 67.8 Å². The van der Waals surface area contributed by atoms with Crippen LogP contribution in [0.25, 0.3) is 0 Å². The third-order valence-electron chi connectivity index (χ3n) is 10.6. The standard InChI is InChI=1S/C51H48O16/c1-31-40(42(58-29-34-19-9-4-10-20-34)44(61-32(2)52)50(60-31)62-33(3)53)67-51-45(66-49(57)38-27-17-8-18-28-38)43(65-48(56)37-25-15-7-16-26-37)41(64-47(55)36-23-13-6-14-24-36)39(63-51)30-59-46(54)35-21-11-5-12-22-35/h4-28,31,39-45,50-51H,29-30H2,1-3H3/t31-,39+,40-,41-,42+,43-,44+,45+,50-,51-/m0/s1. The van der Waals surface area contributed by atoms with Crippen LogP contribution in [0.4, 0.5) is 0 Å². The van der Waals surface area contributed by atoms with Crippen molar-refractivity contribution in [3.05, 3.63) is 179 Å². The number of carbonyl (C=O) groups excluding carboxylic acids is 6. The van der Waals surface area contributed by atoms with Crippen molar-refractivity contribution in [2.45, 2.75) is 88.8 Å². The second-order valence-corrected chi connectivity index (χ2v) is 15.5. The largest absolute Gasteiger partial charge is 0.459 e. The minimum absolute atomic E-state index is 0.0620. The molecule has 0 aliphatic carbocycles. The van der Waals surface area contributed by atoms with Crippen molar-refractivity contribution in [2.24, 2.45) is 0 Å². The summed E-state index contributed by atoms with van der Waals surface area (Å²) in [5, 5.41) is 0.